The van der Waals surface area contributed by atoms with Gasteiger partial charge in [0.05, 0.1) is 5.52 Å². The molecule has 0 bridgehead atoms. The van der Waals surface area contributed by atoms with Crippen LogP contribution in [0.15, 0.2) is 45.7 Å². The van der Waals surface area contributed by atoms with Gasteiger partial charge in [-0.05, 0) is 38.1 Å². The molecule has 3 rings (SSSR count). The molecule has 0 atom stereocenters. The Labute approximate surface area is 151 Å². The molecule has 136 valence electrons. The third-order valence-corrected chi connectivity index (χ3v) is 4.42. The number of carbonyl (C=O) groups is 1. The highest BCUT2D eigenvalue weighted by molar-refractivity contribution is 5.97. The topological polar surface area (TPSA) is 80.4 Å². The summed E-state index contributed by atoms with van der Waals surface area (Å²) in [5.74, 6) is 0.220. The van der Waals surface area contributed by atoms with E-state index in [0.29, 0.717) is 23.2 Å². The van der Waals surface area contributed by atoms with Gasteiger partial charge in [-0.25, -0.2) is 9.78 Å². The van der Waals surface area contributed by atoms with Crippen LogP contribution >= 0.6 is 0 Å². The van der Waals surface area contributed by atoms with E-state index in [1.807, 2.05) is 12.1 Å². The van der Waals surface area contributed by atoms with E-state index in [-0.39, 0.29) is 5.91 Å². The number of benzene rings is 1. The van der Waals surface area contributed by atoms with Crippen molar-refractivity contribution >= 4 is 22.8 Å². The standard InChI is InChI=1S/C19H22N4O3/c1-4-23(5-2)17-14(7-6-10-20-17)12-21-18(24)13-8-9-16-15(11-13)22(3)19(25)26-16/h6-11H,4-5,12H2,1-3H3,(H,21,24). The van der Waals surface area contributed by atoms with Crippen molar-refractivity contribution in [2.75, 3.05) is 18.0 Å². The van der Waals surface area contributed by atoms with Gasteiger partial charge in [-0.3, -0.25) is 9.36 Å². The fourth-order valence-corrected chi connectivity index (χ4v) is 2.92. The maximum absolute atomic E-state index is 12.5. The fraction of sp³-hybridized carbons (Fsp3) is 0.316. The molecule has 7 nitrogen and oxygen atoms in total. The lowest BCUT2D eigenvalue weighted by molar-refractivity contribution is 0.0951. The van der Waals surface area contributed by atoms with Gasteiger partial charge in [-0.15, -0.1) is 0 Å². The van der Waals surface area contributed by atoms with E-state index in [9.17, 15) is 9.59 Å². The quantitative estimate of drug-likeness (QED) is 0.735. The number of nitrogens with zero attached hydrogens (tertiary/aromatic N) is 3. The molecule has 0 radical (unpaired) electrons. The van der Waals surface area contributed by atoms with E-state index in [4.69, 9.17) is 4.42 Å². The first-order valence-corrected chi connectivity index (χ1v) is 8.61. The smallest absolute Gasteiger partial charge is 0.408 e. The molecule has 0 saturated heterocycles. The van der Waals surface area contributed by atoms with E-state index in [1.165, 1.54) is 4.57 Å². The summed E-state index contributed by atoms with van der Waals surface area (Å²) in [4.78, 5) is 30.7. The third kappa shape index (κ3) is 3.33. The number of rotatable bonds is 6. The van der Waals surface area contributed by atoms with Crippen LogP contribution < -0.4 is 16.0 Å². The van der Waals surface area contributed by atoms with Crippen molar-refractivity contribution in [3.63, 3.8) is 0 Å². The largest absolute Gasteiger partial charge is 0.419 e. The molecule has 0 aliphatic carbocycles. The van der Waals surface area contributed by atoms with Crippen molar-refractivity contribution in [1.82, 2.24) is 14.9 Å². The Balaban J connectivity index is 1.79. The lowest BCUT2D eigenvalue weighted by Gasteiger charge is -2.22. The number of hydrogen-bond donors (Lipinski definition) is 1. The number of carbonyl (C=O) groups excluding carboxylic acids is 1. The number of amides is 1. The van der Waals surface area contributed by atoms with Crippen LogP contribution in [0.5, 0.6) is 0 Å². The van der Waals surface area contributed by atoms with E-state index < -0.39 is 5.76 Å². The van der Waals surface area contributed by atoms with Crippen LogP contribution in [0.25, 0.3) is 11.1 Å². The molecule has 1 N–H and O–H groups in total. The summed E-state index contributed by atoms with van der Waals surface area (Å²) in [7, 11) is 1.61. The lowest BCUT2D eigenvalue weighted by Crippen LogP contribution is -2.27. The van der Waals surface area contributed by atoms with E-state index in [0.717, 1.165) is 24.5 Å². The second-order valence-electron chi connectivity index (χ2n) is 5.95. The van der Waals surface area contributed by atoms with Crippen LogP contribution in [0.4, 0.5) is 5.82 Å². The molecule has 2 heterocycles. The molecule has 2 aromatic heterocycles. The highest BCUT2D eigenvalue weighted by Crippen LogP contribution is 2.18. The molecule has 0 aliphatic heterocycles. The third-order valence-electron chi connectivity index (χ3n) is 4.42. The Morgan fingerprint density at radius 1 is 1.27 bits per heavy atom. The molecule has 1 amide bonds. The van der Waals surface area contributed by atoms with Crippen LogP contribution in [0.3, 0.4) is 0 Å². The number of aryl methyl sites for hydroxylation is 1. The van der Waals surface area contributed by atoms with Gasteiger partial charge in [0.15, 0.2) is 5.58 Å². The first-order chi connectivity index (χ1) is 12.5. The average molecular weight is 354 g/mol. The first kappa shape index (κ1) is 17.7. The van der Waals surface area contributed by atoms with Crippen LogP contribution in [-0.4, -0.2) is 28.5 Å². The molecule has 0 saturated carbocycles. The molecular weight excluding hydrogens is 332 g/mol. The Hall–Kier alpha value is -3.09. The van der Waals surface area contributed by atoms with E-state index in [2.05, 4.69) is 29.0 Å². The zero-order chi connectivity index (χ0) is 18.7. The maximum Gasteiger partial charge on any atom is 0.419 e. The second-order valence-corrected chi connectivity index (χ2v) is 5.95. The number of hydrogen-bond acceptors (Lipinski definition) is 5. The van der Waals surface area contributed by atoms with Crippen molar-refractivity contribution < 1.29 is 9.21 Å². The highest BCUT2D eigenvalue weighted by atomic mass is 16.4. The molecule has 3 aromatic rings. The molecule has 26 heavy (non-hydrogen) atoms. The number of aromatic nitrogens is 2. The number of anilines is 1. The predicted octanol–water partition coefficient (Wildman–Crippen LogP) is 2.30. The normalized spacial score (nSPS) is 10.9. The molecule has 7 heteroatoms. The SMILES string of the molecule is CCN(CC)c1ncccc1CNC(=O)c1ccc2oc(=O)n(C)c2c1. The van der Waals surface area contributed by atoms with Gasteiger partial charge in [0.25, 0.3) is 5.91 Å². The lowest BCUT2D eigenvalue weighted by atomic mass is 10.1. The van der Waals surface area contributed by atoms with E-state index >= 15 is 0 Å². The van der Waals surface area contributed by atoms with Crippen molar-refractivity contribution in [3.8, 4) is 0 Å². The van der Waals surface area contributed by atoms with Crippen molar-refractivity contribution in [1.29, 1.82) is 0 Å². The van der Waals surface area contributed by atoms with Crippen molar-refractivity contribution in [2.45, 2.75) is 20.4 Å². The summed E-state index contributed by atoms with van der Waals surface area (Å²) in [5.41, 5.74) is 2.49. The summed E-state index contributed by atoms with van der Waals surface area (Å²) in [6.07, 6.45) is 1.76. The van der Waals surface area contributed by atoms with Gasteiger partial charge in [-0.2, -0.15) is 0 Å². The highest BCUT2D eigenvalue weighted by Gasteiger charge is 2.13. The minimum absolute atomic E-state index is 0.213. The molecule has 0 fully saturated rings. The van der Waals surface area contributed by atoms with E-state index in [1.54, 1.807) is 31.4 Å². The van der Waals surface area contributed by atoms with Gasteiger partial charge < -0.3 is 14.6 Å². The number of oxazole rings is 1. The Morgan fingerprint density at radius 3 is 2.77 bits per heavy atom. The Morgan fingerprint density at radius 2 is 2.04 bits per heavy atom. The molecular formula is C19H22N4O3. The predicted molar refractivity (Wildman–Crippen MR) is 100 cm³/mol. The minimum atomic E-state index is -0.447. The zero-order valence-corrected chi connectivity index (χ0v) is 15.2. The van der Waals surface area contributed by atoms with Gasteiger partial charge in [0.2, 0.25) is 0 Å². The van der Waals surface area contributed by atoms with Gasteiger partial charge >= 0.3 is 5.76 Å². The Kier molecular flexibility index (Phi) is 5.06. The summed E-state index contributed by atoms with van der Waals surface area (Å²) < 4.78 is 6.47. The summed E-state index contributed by atoms with van der Waals surface area (Å²) in [6.45, 7) is 6.22. The van der Waals surface area contributed by atoms with Crippen LogP contribution in [0.1, 0.15) is 29.8 Å². The van der Waals surface area contributed by atoms with Crippen LogP contribution in [0.2, 0.25) is 0 Å². The van der Waals surface area contributed by atoms with Gasteiger partial charge in [-0.1, -0.05) is 6.07 Å². The maximum atomic E-state index is 12.5. The van der Waals surface area contributed by atoms with Gasteiger partial charge in [0, 0.05) is 44.0 Å². The summed E-state index contributed by atoms with van der Waals surface area (Å²) in [5, 5.41) is 2.93. The number of fused-ring (bicyclic) bond motifs is 1. The van der Waals surface area contributed by atoms with Crippen LogP contribution in [-0.2, 0) is 13.6 Å². The minimum Gasteiger partial charge on any atom is -0.408 e. The first-order valence-electron chi connectivity index (χ1n) is 8.61. The average Bonchev–Trinajstić information content (AvgIpc) is 2.95. The number of pyridine rings is 1. The molecule has 0 aliphatic rings. The molecule has 0 unspecified atom stereocenters. The molecule has 1 aromatic carbocycles. The second kappa shape index (κ2) is 7.43. The summed E-state index contributed by atoms with van der Waals surface area (Å²) >= 11 is 0. The monoisotopic (exact) mass is 354 g/mol. The van der Waals surface area contributed by atoms with Gasteiger partial charge in [0.1, 0.15) is 5.82 Å². The van der Waals surface area contributed by atoms with Crippen molar-refractivity contribution in [3.05, 3.63) is 58.2 Å². The fourth-order valence-electron chi connectivity index (χ4n) is 2.92. The molecule has 0 spiro atoms. The zero-order valence-electron chi connectivity index (χ0n) is 15.2. The van der Waals surface area contributed by atoms with Crippen molar-refractivity contribution in [2.24, 2.45) is 7.05 Å². The summed E-state index contributed by atoms with van der Waals surface area (Å²) in [6, 6.07) is 8.77. The Bertz CT molecular complexity index is 986. The number of nitrogens with one attached hydrogen (secondary N) is 1. The van der Waals surface area contributed by atoms with Crippen LogP contribution in [0, 0.1) is 0 Å².